The number of ketones is 1. The van der Waals surface area contributed by atoms with Gasteiger partial charge in [0.25, 0.3) is 0 Å². The lowest BCUT2D eigenvalue weighted by atomic mass is 9.91. The smallest absolute Gasteiger partial charge is 0.163 e. The molecule has 0 heterocycles. The van der Waals surface area contributed by atoms with Crippen LogP contribution >= 0.6 is 0 Å². The molecule has 78 valence electrons. The molecule has 0 bridgehead atoms. The molecule has 2 heteroatoms. The van der Waals surface area contributed by atoms with Crippen LogP contribution in [0.1, 0.15) is 41.0 Å². The number of hydrogen-bond donors (Lipinski definition) is 0. The molecule has 0 aliphatic carbocycles. The Labute approximate surface area is 81.7 Å². The van der Waals surface area contributed by atoms with Crippen LogP contribution in [0.3, 0.4) is 0 Å². The Morgan fingerprint density at radius 3 is 2.23 bits per heavy atom. The standard InChI is InChI=1S/C11H22O2/c1-9(2)6-7-13-8-10(12)11(3,4)5/h9H,6-8H2,1-5H3. The maximum Gasteiger partial charge on any atom is 0.163 e. The minimum Gasteiger partial charge on any atom is -0.374 e. The van der Waals surface area contributed by atoms with Gasteiger partial charge in [-0.3, -0.25) is 4.79 Å². The summed E-state index contributed by atoms with van der Waals surface area (Å²) in [5, 5.41) is 0. The Kier molecular flexibility index (Phi) is 5.23. The lowest BCUT2D eigenvalue weighted by Crippen LogP contribution is -2.25. The first-order valence-electron chi connectivity index (χ1n) is 4.95. The van der Waals surface area contributed by atoms with Crippen LogP contribution in [0.4, 0.5) is 0 Å². The molecule has 13 heavy (non-hydrogen) atoms. The molecule has 0 aromatic carbocycles. The van der Waals surface area contributed by atoms with E-state index in [1.165, 1.54) is 0 Å². The molecule has 0 rings (SSSR count). The van der Waals surface area contributed by atoms with Gasteiger partial charge in [-0.1, -0.05) is 34.6 Å². The van der Waals surface area contributed by atoms with Gasteiger partial charge in [-0.15, -0.1) is 0 Å². The second-order valence-corrected chi connectivity index (χ2v) is 4.91. The number of Topliss-reactive ketones (excluding diaryl/α,β-unsaturated/α-hetero) is 1. The highest BCUT2D eigenvalue weighted by Crippen LogP contribution is 2.14. The van der Waals surface area contributed by atoms with Crippen LogP contribution in [0.25, 0.3) is 0 Å². The van der Waals surface area contributed by atoms with E-state index in [1.54, 1.807) is 0 Å². The Balaban J connectivity index is 3.49. The van der Waals surface area contributed by atoms with Crippen LogP contribution in [0.5, 0.6) is 0 Å². The van der Waals surface area contributed by atoms with Gasteiger partial charge in [0.05, 0.1) is 0 Å². The van der Waals surface area contributed by atoms with Crippen molar-refractivity contribution in [3.8, 4) is 0 Å². The minimum absolute atomic E-state index is 0.177. The third-order valence-electron chi connectivity index (χ3n) is 1.91. The largest absolute Gasteiger partial charge is 0.374 e. The average molecular weight is 186 g/mol. The molecule has 0 N–H and O–H groups in total. The fourth-order valence-electron chi connectivity index (χ4n) is 0.700. The molecule has 0 radical (unpaired) electrons. The van der Waals surface area contributed by atoms with Gasteiger partial charge < -0.3 is 4.74 Å². The SMILES string of the molecule is CC(C)CCOCC(=O)C(C)(C)C. The first-order chi connectivity index (χ1) is 5.84. The van der Waals surface area contributed by atoms with Gasteiger partial charge in [-0.25, -0.2) is 0 Å². The summed E-state index contributed by atoms with van der Waals surface area (Å²) in [7, 11) is 0. The van der Waals surface area contributed by atoms with Crippen molar-refractivity contribution in [2.75, 3.05) is 13.2 Å². The van der Waals surface area contributed by atoms with Crippen LogP contribution in [-0.2, 0) is 9.53 Å². The van der Waals surface area contributed by atoms with Gasteiger partial charge in [0.15, 0.2) is 5.78 Å². The van der Waals surface area contributed by atoms with Crippen molar-refractivity contribution in [2.24, 2.45) is 11.3 Å². The van der Waals surface area contributed by atoms with E-state index in [2.05, 4.69) is 13.8 Å². The number of hydrogen-bond acceptors (Lipinski definition) is 2. The van der Waals surface area contributed by atoms with E-state index < -0.39 is 0 Å². The van der Waals surface area contributed by atoms with Crippen molar-refractivity contribution in [3.05, 3.63) is 0 Å². The van der Waals surface area contributed by atoms with E-state index in [1.807, 2.05) is 20.8 Å². The van der Waals surface area contributed by atoms with E-state index >= 15 is 0 Å². The summed E-state index contributed by atoms with van der Waals surface area (Å²) >= 11 is 0. The van der Waals surface area contributed by atoms with Gasteiger partial charge in [0.2, 0.25) is 0 Å². The highest BCUT2D eigenvalue weighted by atomic mass is 16.5. The van der Waals surface area contributed by atoms with E-state index in [0.717, 1.165) is 6.42 Å². The van der Waals surface area contributed by atoms with E-state index in [9.17, 15) is 4.79 Å². The van der Waals surface area contributed by atoms with E-state index in [4.69, 9.17) is 4.74 Å². The summed E-state index contributed by atoms with van der Waals surface area (Å²) in [5.41, 5.74) is -0.266. The molecule has 0 aromatic rings. The van der Waals surface area contributed by atoms with E-state index in [-0.39, 0.29) is 17.8 Å². The zero-order valence-electron chi connectivity index (χ0n) is 9.52. The Bertz CT molecular complexity index is 154. The van der Waals surface area contributed by atoms with Gasteiger partial charge in [0.1, 0.15) is 6.61 Å². The number of carbonyl (C=O) groups is 1. The van der Waals surface area contributed by atoms with Gasteiger partial charge in [-0.05, 0) is 12.3 Å². The molecule has 0 saturated heterocycles. The summed E-state index contributed by atoms with van der Waals surface area (Å²) in [4.78, 5) is 11.4. The summed E-state index contributed by atoms with van der Waals surface area (Å²) in [6.45, 7) is 11.0. The van der Waals surface area contributed by atoms with Crippen LogP contribution < -0.4 is 0 Å². The maximum absolute atomic E-state index is 11.4. The molecule has 0 aromatic heterocycles. The molecule has 0 amide bonds. The zero-order chi connectivity index (χ0) is 10.5. The van der Waals surface area contributed by atoms with Crippen LogP contribution in [-0.4, -0.2) is 19.0 Å². The van der Waals surface area contributed by atoms with Crippen molar-refractivity contribution in [2.45, 2.75) is 41.0 Å². The number of ether oxygens (including phenoxy) is 1. The number of rotatable bonds is 5. The molecule has 0 unspecified atom stereocenters. The lowest BCUT2D eigenvalue weighted by Gasteiger charge is -2.16. The van der Waals surface area contributed by atoms with Gasteiger partial charge in [-0.2, -0.15) is 0 Å². The van der Waals surface area contributed by atoms with E-state index in [0.29, 0.717) is 12.5 Å². The third kappa shape index (κ3) is 6.76. The molecule has 0 spiro atoms. The first-order valence-corrected chi connectivity index (χ1v) is 4.95. The maximum atomic E-state index is 11.4. The average Bonchev–Trinajstić information content (AvgIpc) is 1.95. The second-order valence-electron chi connectivity index (χ2n) is 4.91. The normalized spacial score (nSPS) is 12.2. The number of carbonyl (C=O) groups excluding carboxylic acids is 1. The Morgan fingerprint density at radius 2 is 1.85 bits per heavy atom. The molecule has 0 fully saturated rings. The molecular weight excluding hydrogens is 164 g/mol. The molecule has 0 atom stereocenters. The van der Waals surface area contributed by atoms with Crippen molar-refractivity contribution in [1.82, 2.24) is 0 Å². The monoisotopic (exact) mass is 186 g/mol. The second kappa shape index (κ2) is 5.38. The minimum atomic E-state index is -0.266. The summed E-state index contributed by atoms with van der Waals surface area (Å²) in [6.07, 6.45) is 1.03. The first kappa shape index (κ1) is 12.6. The predicted molar refractivity (Wildman–Crippen MR) is 54.7 cm³/mol. The van der Waals surface area contributed by atoms with Crippen molar-refractivity contribution in [3.63, 3.8) is 0 Å². The topological polar surface area (TPSA) is 26.3 Å². The zero-order valence-corrected chi connectivity index (χ0v) is 9.52. The van der Waals surface area contributed by atoms with Crippen LogP contribution in [0.15, 0.2) is 0 Å². The summed E-state index contributed by atoms with van der Waals surface area (Å²) in [5.74, 6) is 0.820. The fourth-order valence-corrected chi connectivity index (χ4v) is 0.700. The Morgan fingerprint density at radius 1 is 1.31 bits per heavy atom. The van der Waals surface area contributed by atoms with Crippen molar-refractivity contribution in [1.29, 1.82) is 0 Å². The quantitative estimate of drug-likeness (QED) is 0.617. The van der Waals surface area contributed by atoms with Crippen LogP contribution in [0, 0.1) is 11.3 Å². The lowest BCUT2D eigenvalue weighted by molar-refractivity contribution is -0.131. The van der Waals surface area contributed by atoms with Gasteiger partial charge >= 0.3 is 0 Å². The predicted octanol–water partition coefficient (Wildman–Crippen LogP) is 2.66. The fraction of sp³-hybridized carbons (Fsp3) is 0.909. The summed E-state index contributed by atoms with van der Waals surface area (Å²) in [6, 6.07) is 0. The Hall–Kier alpha value is -0.370. The van der Waals surface area contributed by atoms with Gasteiger partial charge in [0, 0.05) is 12.0 Å². The van der Waals surface area contributed by atoms with Crippen molar-refractivity contribution < 1.29 is 9.53 Å². The highest BCUT2D eigenvalue weighted by Gasteiger charge is 2.20. The molecule has 0 aliphatic heterocycles. The summed E-state index contributed by atoms with van der Waals surface area (Å²) < 4.78 is 5.28. The molecule has 2 nitrogen and oxygen atoms in total. The third-order valence-corrected chi connectivity index (χ3v) is 1.91. The molecular formula is C11H22O2. The van der Waals surface area contributed by atoms with Crippen LogP contribution in [0.2, 0.25) is 0 Å². The highest BCUT2D eigenvalue weighted by molar-refractivity contribution is 5.84. The molecule has 0 aliphatic rings. The molecule has 0 saturated carbocycles. The van der Waals surface area contributed by atoms with Crippen molar-refractivity contribution >= 4 is 5.78 Å².